The molecule has 0 radical (unpaired) electrons. The third-order valence-corrected chi connectivity index (χ3v) is 6.29. The van der Waals surface area contributed by atoms with Gasteiger partial charge in [0.1, 0.15) is 17.2 Å². The van der Waals surface area contributed by atoms with Gasteiger partial charge in [0.2, 0.25) is 5.95 Å². The molecule has 4 heterocycles. The van der Waals surface area contributed by atoms with Crippen molar-refractivity contribution in [1.29, 1.82) is 0 Å². The van der Waals surface area contributed by atoms with Gasteiger partial charge in [0.15, 0.2) is 0 Å². The summed E-state index contributed by atoms with van der Waals surface area (Å²) in [6.07, 6.45) is 6.16. The third-order valence-electron chi connectivity index (χ3n) is 6.29. The number of aromatic nitrogens is 3. The third kappa shape index (κ3) is 4.22. The standard InChI is InChI=1S/C23H29FN6O2/c1-28-7-9-29(10-8-28)20-13-21(31-2)19(12-18(20)24)26-23-25-14-16-5-6-30(22(16)27-23)15-17-4-3-11-32-17/h5-6,12-14,17H,3-4,7-11,15H2,1-2H3,(H,25,26,27). The van der Waals surface area contributed by atoms with E-state index in [1.807, 2.05) is 12.3 Å². The van der Waals surface area contributed by atoms with E-state index in [-0.39, 0.29) is 11.9 Å². The molecule has 0 aliphatic carbocycles. The first-order chi connectivity index (χ1) is 15.6. The second kappa shape index (κ2) is 8.91. The number of hydrogen-bond acceptors (Lipinski definition) is 7. The van der Waals surface area contributed by atoms with E-state index in [0.29, 0.717) is 23.1 Å². The minimum atomic E-state index is -0.291. The predicted octanol–water partition coefficient (Wildman–Crippen LogP) is 3.25. The number of anilines is 3. The van der Waals surface area contributed by atoms with E-state index < -0.39 is 0 Å². The highest BCUT2D eigenvalue weighted by molar-refractivity contribution is 5.77. The summed E-state index contributed by atoms with van der Waals surface area (Å²) in [5.41, 5.74) is 1.88. The van der Waals surface area contributed by atoms with Crippen molar-refractivity contribution in [3.63, 3.8) is 0 Å². The Kier molecular flexibility index (Phi) is 5.84. The maximum absolute atomic E-state index is 15.0. The molecule has 32 heavy (non-hydrogen) atoms. The fourth-order valence-electron chi connectivity index (χ4n) is 4.41. The predicted molar refractivity (Wildman–Crippen MR) is 122 cm³/mol. The van der Waals surface area contributed by atoms with Crippen LogP contribution in [-0.4, -0.2) is 72.5 Å². The molecule has 3 aromatic rings. The first-order valence-electron chi connectivity index (χ1n) is 11.1. The van der Waals surface area contributed by atoms with Crippen molar-refractivity contribution in [2.24, 2.45) is 0 Å². The summed E-state index contributed by atoms with van der Waals surface area (Å²) in [6, 6.07) is 5.21. The molecule has 2 fully saturated rings. The van der Waals surface area contributed by atoms with Crippen LogP contribution in [0.4, 0.5) is 21.7 Å². The Morgan fingerprint density at radius 3 is 2.84 bits per heavy atom. The first-order valence-corrected chi connectivity index (χ1v) is 11.1. The van der Waals surface area contributed by atoms with Crippen LogP contribution < -0.4 is 15.0 Å². The van der Waals surface area contributed by atoms with E-state index >= 15 is 4.39 Å². The molecule has 1 N–H and O–H groups in total. The topological polar surface area (TPSA) is 67.7 Å². The summed E-state index contributed by atoms with van der Waals surface area (Å²) < 4.78 is 28.5. The minimum Gasteiger partial charge on any atom is -0.494 e. The zero-order chi connectivity index (χ0) is 22.1. The monoisotopic (exact) mass is 440 g/mol. The number of hydrogen-bond donors (Lipinski definition) is 1. The van der Waals surface area contributed by atoms with Gasteiger partial charge >= 0.3 is 0 Å². The maximum Gasteiger partial charge on any atom is 0.229 e. The molecule has 2 aromatic heterocycles. The molecule has 2 aliphatic rings. The number of halogens is 1. The second-order valence-corrected chi connectivity index (χ2v) is 8.49. The summed E-state index contributed by atoms with van der Waals surface area (Å²) in [5, 5.41) is 4.10. The average Bonchev–Trinajstić information content (AvgIpc) is 3.45. The molecule has 170 valence electrons. The zero-order valence-electron chi connectivity index (χ0n) is 18.6. The molecule has 0 bridgehead atoms. The molecule has 9 heteroatoms. The van der Waals surface area contributed by atoms with E-state index in [1.54, 1.807) is 19.4 Å². The van der Waals surface area contributed by atoms with Crippen molar-refractivity contribution in [2.75, 3.05) is 57.2 Å². The van der Waals surface area contributed by atoms with Crippen LogP contribution in [0.15, 0.2) is 30.6 Å². The van der Waals surface area contributed by atoms with Crippen molar-refractivity contribution in [3.05, 3.63) is 36.4 Å². The van der Waals surface area contributed by atoms with Crippen LogP contribution in [0.5, 0.6) is 5.75 Å². The van der Waals surface area contributed by atoms with Crippen molar-refractivity contribution >= 4 is 28.4 Å². The van der Waals surface area contributed by atoms with Crippen molar-refractivity contribution in [2.45, 2.75) is 25.5 Å². The second-order valence-electron chi connectivity index (χ2n) is 8.49. The van der Waals surface area contributed by atoms with Crippen molar-refractivity contribution in [3.8, 4) is 5.75 Å². The number of piperazine rings is 1. The van der Waals surface area contributed by atoms with Gasteiger partial charge in [-0.05, 0) is 26.0 Å². The van der Waals surface area contributed by atoms with Crippen LogP contribution in [0, 0.1) is 5.82 Å². The summed E-state index contributed by atoms with van der Waals surface area (Å²) in [4.78, 5) is 13.4. The lowest BCUT2D eigenvalue weighted by molar-refractivity contribution is 0.0979. The van der Waals surface area contributed by atoms with Gasteiger partial charge in [-0.2, -0.15) is 4.98 Å². The first kappa shape index (κ1) is 21.0. The summed E-state index contributed by atoms with van der Waals surface area (Å²) in [5.74, 6) is 0.661. The summed E-state index contributed by atoms with van der Waals surface area (Å²) >= 11 is 0. The van der Waals surface area contributed by atoms with E-state index in [0.717, 1.165) is 63.2 Å². The fourth-order valence-corrected chi connectivity index (χ4v) is 4.41. The number of likely N-dealkylation sites (N-methyl/N-ethyl adjacent to an activating group) is 1. The zero-order valence-corrected chi connectivity index (χ0v) is 18.6. The van der Waals surface area contributed by atoms with Gasteiger partial charge in [0.25, 0.3) is 0 Å². The van der Waals surface area contributed by atoms with Gasteiger partial charge in [0.05, 0.1) is 31.1 Å². The Bertz CT molecular complexity index is 1090. The van der Waals surface area contributed by atoms with E-state index in [9.17, 15) is 0 Å². The van der Waals surface area contributed by atoms with Crippen molar-refractivity contribution < 1.29 is 13.9 Å². The van der Waals surface area contributed by atoms with Gasteiger partial charge in [0, 0.05) is 62.7 Å². The Balaban J connectivity index is 1.39. The van der Waals surface area contributed by atoms with Crippen LogP contribution in [0.2, 0.25) is 0 Å². The Morgan fingerprint density at radius 2 is 2.09 bits per heavy atom. The number of fused-ring (bicyclic) bond motifs is 1. The molecule has 1 unspecified atom stereocenters. The van der Waals surface area contributed by atoms with Crippen molar-refractivity contribution in [1.82, 2.24) is 19.4 Å². The molecule has 5 rings (SSSR count). The molecule has 2 saturated heterocycles. The lowest BCUT2D eigenvalue weighted by Gasteiger charge is -2.34. The summed E-state index contributed by atoms with van der Waals surface area (Å²) in [7, 11) is 3.67. The van der Waals surface area contributed by atoms with Crippen LogP contribution >= 0.6 is 0 Å². The molecular formula is C23H29FN6O2. The van der Waals surface area contributed by atoms with Gasteiger partial charge in [-0.1, -0.05) is 0 Å². The van der Waals surface area contributed by atoms with Crippen LogP contribution in [0.25, 0.3) is 11.0 Å². The lowest BCUT2D eigenvalue weighted by Crippen LogP contribution is -2.44. The van der Waals surface area contributed by atoms with Gasteiger partial charge in [-0.25, -0.2) is 9.37 Å². The fraction of sp³-hybridized carbons (Fsp3) is 0.478. The number of nitrogens with zero attached hydrogens (tertiary/aromatic N) is 5. The summed E-state index contributed by atoms with van der Waals surface area (Å²) in [6.45, 7) is 4.96. The molecule has 1 aromatic carbocycles. The van der Waals surface area contributed by atoms with Crippen LogP contribution in [0.3, 0.4) is 0 Å². The lowest BCUT2D eigenvalue weighted by atomic mass is 10.2. The van der Waals surface area contributed by atoms with Gasteiger partial charge in [-0.15, -0.1) is 0 Å². The number of rotatable bonds is 6. The molecule has 2 aliphatic heterocycles. The number of benzene rings is 1. The van der Waals surface area contributed by atoms with E-state index in [2.05, 4.69) is 36.7 Å². The van der Waals surface area contributed by atoms with Crippen LogP contribution in [0.1, 0.15) is 12.8 Å². The van der Waals surface area contributed by atoms with E-state index in [1.165, 1.54) is 6.07 Å². The Labute approximate surface area is 186 Å². The smallest absolute Gasteiger partial charge is 0.229 e. The molecular weight excluding hydrogens is 411 g/mol. The van der Waals surface area contributed by atoms with Gasteiger partial charge < -0.3 is 29.2 Å². The van der Waals surface area contributed by atoms with E-state index in [4.69, 9.17) is 9.47 Å². The minimum absolute atomic E-state index is 0.216. The van der Waals surface area contributed by atoms with Crippen LogP contribution in [-0.2, 0) is 11.3 Å². The average molecular weight is 441 g/mol. The molecule has 0 amide bonds. The Hall–Kier alpha value is -2.91. The largest absolute Gasteiger partial charge is 0.494 e. The highest BCUT2D eigenvalue weighted by Gasteiger charge is 2.21. The number of nitrogens with one attached hydrogen (secondary N) is 1. The Morgan fingerprint density at radius 1 is 1.25 bits per heavy atom. The number of ether oxygens (including phenoxy) is 2. The highest BCUT2D eigenvalue weighted by Crippen LogP contribution is 2.34. The molecule has 1 atom stereocenters. The molecule has 0 saturated carbocycles. The number of methoxy groups -OCH3 is 1. The quantitative estimate of drug-likeness (QED) is 0.631. The maximum atomic E-state index is 15.0. The molecule has 8 nitrogen and oxygen atoms in total. The molecule has 0 spiro atoms. The highest BCUT2D eigenvalue weighted by atomic mass is 19.1. The van der Waals surface area contributed by atoms with Gasteiger partial charge in [-0.3, -0.25) is 0 Å². The normalized spacial score (nSPS) is 19.6. The SMILES string of the molecule is COc1cc(N2CCN(C)CC2)c(F)cc1Nc1ncc2ccn(CC3CCCO3)c2n1.